The van der Waals surface area contributed by atoms with Crippen LogP contribution in [0.5, 0.6) is 5.75 Å². The average Bonchev–Trinajstić information content (AvgIpc) is 3.09. The van der Waals surface area contributed by atoms with Crippen molar-refractivity contribution in [2.45, 2.75) is 45.8 Å². The molecule has 1 aromatic heterocycles. The van der Waals surface area contributed by atoms with Gasteiger partial charge in [-0.1, -0.05) is 12.1 Å². The van der Waals surface area contributed by atoms with E-state index in [9.17, 15) is 9.59 Å². The number of aromatic nitrogens is 2. The number of rotatable bonds is 5. The molecule has 1 aliphatic rings. The Morgan fingerprint density at radius 3 is 2.63 bits per heavy atom. The first-order valence-corrected chi connectivity index (χ1v) is 9.97. The standard InChI is InChI=1S/C21H29N5O4/c1-21(2,3)30-20(28)26-12-10-17-16(13-26)18(25-24-17)23-19(27)22-11-9-14-5-7-15(29-4)8-6-14/h5-8H,9-13H2,1-4H3,(H3,22,23,24,25,27). The molecule has 0 unspecified atom stereocenters. The summed E-state index contributed by atoms with van der Waals surface area (Å²) < 4.78 is 10.6. The van der Waals surface area contributed by atoms with E-state index in [-0.39, 0.29) is 12.1 Å². The number of anilines is 1. The number of aromatic amines is 1. The number of ether oxygens (including phenoxy) is 2. The summed E-state index contributed by atoms with van der Waals surface area (Å²) in [6.45, 7) is 6.86. The zero-order valence-corrected chi connectivity index (χ0v) is 17.9. The Bertz CT molecular complexity index is 886. The van der Waals surface area contributed by atoms with Gasteiger partial charge in [-0.2, -0.15) is 5.10 Å². The van der Waals surface area contributed by atoms with Crippen LogP contribution in [0.3, 0.4) is 0 Å². The van der Waals surface area contributed by atoms with Crippen LogP contribution in [0.4, 0.5) is 15.4 Å². The summed E-state index contributed by atoms with van der Waals surface area (Å²) in [6, 6.07) is 7.37. The quantitative estimate of drug-likeness (QED) is 0.695. The van der Waals surface area contributed by atoms with Crippen LogP contribution in [-0.2, 0) is 24.1 Å². The van der Waals surface area contributed by atoms with Crippen molar-refractivity contribution in [3.05, 3.63) is 41.1 Å². The van der Waals surface area contributed by atoms with Crippen molar-refractivity contribution >= 4 is 17.9 Å². The van der Waals surface area contributed by atoms with Gasteiger partial charge < -0.3 is 19.7 Å². The lowest BCUT2D eigenvalue weighted by Crippen LogP contribution is -2.40. The number of nitrogens with zero attached hydrogens (tertiary/aromatic N) is 2. The van der Waals surface area contributed by atoms with Crippen LogP contribution < -0.4 is 15.4 Å². The predicted molar refractivity (Wildman–Crippen MR) is 113 cm³/mol. The van der Waals surface area contributed by atoms with E-state index in [1.54, 1.807) is 12.0 Å². The highest BCUT2D eigenvalue weighted by atomic mass is 16.6. The molecule has 1 aromatic carbocycles. The van der Waals surface area contributed by atoms with E-state index in [0.29, 0.717) is 38.3 Å². The summed E-state index contributed by atoms with van der Waals surface area (Å²) >= 11 is 0. The number of amides is 3. The molecule has 3 amide bonds. The first-order valence-electron chi connectivity index (χ1n) is 9.97. The van der Waals surface area contributed by atoms with Crippen molar-refractivity contribution in [1.82, 2.24) is 20.4 Å². The van der Waals surface area contributed by atoms with Gasteiger partial charge >= 0.3 is 12.1 Å². The molecule has 0 radical (unpaired) electrons. The summed E-state index contributed by atoms with van der Waals surface area (Å²) in [5, 5.41) is 12.8. The van der Waals surface area contributed by atoms with Gasteiger partial charge in [-0.15, -0.1) is 0 Å². The molecule has 9 heteroatoms. The third-order valence-electron chi connectivity index (χ3n) is 4.68. The first-order chi connectivity index (χ1) is 14.2. The van der Waals surface area contributed by atoms with Crippen molar-refractivity contribution in [2.24, 2.45) is 0 Å². The van der Waals surface area contributed by atoms with Crippen molar-refractivity contribution < 1.29 is 19.1 Å². The van der Waals surface area contributed by atoms with E-state index < -0.39 is 5.60 Å². The smallest absolute Gasteiger partial charge is 0.410 e. The molecule has 0 saturated heterocycles. The maximum absolute atomic E-state index is 12.4. The van der Waals surface area contributed by atoms with Gasteiger partial charge in [-0.3, -0.25) is 10.4 Å². The molecule has 3 N–H and O–H groups in total. The lowest BCUT2D eigenvalue weighted by Gasteiger charge is -2.30. The molecule has 2 aromatic rings. The number of nitrogens with one attached hydrogen (secondary N) is 3. The number of methoxy groups -OCH3 is 1. The fourth-order valence-electron chi connectivity index (χ4n) is 3.15. The summed E-state index contributed by atoms with van der Waals surface area (Å²) in [5.41, 5.74) is 2.26. The van der Waals surface area contributed by atoms with Crippen LogP contribution in [0.2, 0.25) is 0 Å². The Balaban J connectivity index is 1.52. The van der Waals surface area contributed by atoms with Gasteiger partial charge in [0.1, 0.15) is 11.4 Å². The average molecular weight is 415 g/mol. The zero-order valence-electron chi connectivity index (χ0n) is 17.9. The van der Waals surface area contributed by atoms with Gasteiger partial charge in [-0.25, -0.2) is 9.59 Å². The van der Waals surface area contributed by atoms with Gasteiger partial charge in [-0.05, 0) is 44.9 Å². The third kappa shape index (κ3) is 5.65. The number of benzene rings is 1. The predicted octanol–water partition coefficient (Wildman–Crippen LogP) is 3.08. The van der Waals surface area contributed by atoms with Gasteiger partial charge in [0.15, 0.2) is 5.82 Å². The zero-order chi connectivity index (χ0) is 21.7. The second kappa shape index (κ2) is 9.06. The molecule has 9 nitrogen and oxygen atoms in total. The minimum Gasteiger partial charge on any atom is -0.497 e. The van der Waals surface area contributed by atoms with Crippen molar-refractivity contribution in [1.29, 1.82) is 0 Å². The third-order valence-corrected chi connectivity index (χ3v) is 4.68. The van der Waals surface area contributed by atoms with Crippen molar-refractivity contribution in [2.75, 3.05) is 25.5 Å². The monoisotopic (exact) mass is 415 g/mol. The fourth-order valence-corrected chi connectivity index (χ4v) is 3.15. The summed E-state index contributed by atoms with van der Waals surface area (Å²) in [4.78, 5) is 26.3. The second-order valence-electron chi connectivity index (χ2n) is 8.16. The number of carbonyl (C=O) groups is 2. The highest BCUT2D eigenvalue weighted by Crippen LogP contribution is 2.25. The number of urea groups is 1. The summed E-state index contributed by atoms with van der Waals surface area (Å²) in [6.07, 6.45) is 0.953. The van der Waals surface area contributed by atoms with E-state index in [1.807, 2.05) is 45.0 Å². The normalized spacial score (nSPS) is 13.4. The Morgan fingerprint density at radius 2 is 1.97 bits per heavy atom. The molecule has 162 valence electrons. The topological polar surface area (TPSA) is 109 Å². The van der Waals surface area contributed by atoms with E-state index in [0.717, 1.165) is 22.6 Å². The molecule has 0 aliphatic carbocycles. The highest BCUT2D eigenvalue weighted by molar-refractivity contribution is 5.89. The molecule has 0 spiro atoms. The van der Waals surface area contributed by atoms with Crippen LogP contribution in [0.15, 0.2) is 24.3 Å². The van der Waals surface area contributed by atoms with E-state index in [4.69, 9.17) is 9.47 Å². The number of fused-ring (bicyclic) bond motifs is 1. The number of hydrogen-bond acceptors (Lipinski definition) is 5. The molecule has 0 atom stereocenters. The van der Waals surface area contributed by atoms with Crippen LogP contribution >= 0.6 is 0 Å². The number of hydrogen-bond donors (Lipinski definition) is 3. The lowest BCUT2D eigenvalue weighted by molar-refractivity contribution is 0.0224. The molecule has 0 saturated carbocycles. The molecule has 0 bridgehead atoms. The van der Waals surface area contributed by atoms with Crippen LogP contribution in [0.1, 0.15) is 37.6 Å². The van der Waals surface area contributed by atoms with E-state index >= 15 is 0 Å². The van der Waals surface area contributed by atoms with Crippen LogP contribution in [0, 0.1) is 0 Å². The summed E-state index contributed by atoms with van der Waals surface area (Å²) in [5.74, 6) is 1.23. The highest BCUT2D eigenvalue weighted by Gasteiger charge is 2.29. The largest absolute Gasteiger partial charge is 0.497 e. The van der Waals surface area contributed by atoms with Gasteiger partial charge in [0.2, 0.25) is 0 Å². The number of carbonyl (C=O) groups excluding carboxylic acids is 2. The molecule has 3 rings (SSSR count). The van der Waals surface area contributed by atoms with Crippen molar-refractivity contribution in [3.63, 3.8) is 0 Å². The van der Waals surface area contributed by atoms with Crippen LogP contribution in [0.25, 0.3) is 0 Å². The molecule has 0 fully saturated rings. The minimum absolute atomic E-state index is 0.336. The van der Waals surface area contributed by atoms with Gasteiger partial charge in [0.25, 0.3) is 0 Å². The lowest BCUT2D eigenvalue weighted by atomic mass is 10.1. The maximum atomic E-state index is 12.4. The Kier molecular flexibility index (Phi) is 6.49. The minimum atomic E-state index is -0.557. The fraction of sp³-hybridized carbons (Fsp3) is 0.476. The second-order valence-corrected chi connectivity index (χ2v) is 8.16. The van der Waals surface area contributed by atoms with Crippen molar-refractivity contribution in [3.8, 4) is 5.75 Å². The molecular formula is C21H29N5O4. The van der Waals surface area contributed by atoms with E-state index in [1.165, 1.54) is 0 Å². The van der Waals surface area contributed by atoms with Crippen LogP contribution in [-0.4, -0.2) is 53.0 Å². The molecule has 2 heterocycles. The van der Waals surface area contributed by atoms with E-state index in [2.05, 4.69) is 20.8 Å². The van der Waals surface area contributed by atoms with Gasteiger partial charge in [0.05, 0.1) is 13.7 Å². The molecule has 1 aliphatic heterocycles. The maximum Gasteiger partial charge on any atom is 0.410 e. The Hall–Kier alpha value is -3.23. The first kappa shape index (κ1) is 21.5. The van der Waals surface area contributed by atoms with Gasteiger partial charge in [0, 0.05) is 30.8 Å². The Labute approximate surface area is 176 Å². The molecular weight excluding hydrogens is 386 g/mol. The number of H-pyrrole nitrogens is 1. The Morgan fingerprint density at radius 1 is 1.23 bits per heavy atom. The molecule has 30 heavy (non-hydrogen) atoms. The summed E-state index contributed by atoms with van der Waals surface area (Å²) in [7, 11) is 1.63. The SMILES string of the molecule is COc1ccc(CCNC(=O)Nc2n[nH]c3c2CN(C(=O)OC(C)(C)C)CC3)cc1.